The van der Waals surface area contributed by atoms with Gasteiger partial charge in [0.25, 0.3) is 0 Å². The number of aryl methyl sites for hydroxylation is 2. The minimum Gasteiger partial charge on any atom is -0.493 e. The first-order valence-corrected chi connectivity index (χ1v) is 7.89. The molecule has 2 rings (SSSR count). The van der Waals surface area contributed by atoms with Gasteiger partial charge in [-0.05, 0) is 43.2 Å². The zero-order chi connectivity index (χ0) is 17.0. The van der Waals surface area contributed by atoms with Gasteiger partial charge in [-0.25, -0.2) is 9.59 Å². The number of carbonyl (C=O) groups is 2. The Bertz CT molecular complexity index is 733. The van der Waals surface area contributed by atoms with E-state index < -0.39 is 11.9 Å². The predicted octanol–water partition coefficient (Wildman–Crippen LogP) is 3.63. The third-order valence-corrected chi connectivity index (χ3v) is 4.46. The zero-order valence-electron chi connectivity index (χ0n) is 13.5. The number of rotatable bonds is 5. The molecule has 0 unspecified atom stereocenters. The van der Waals surface area contributed by atoms with Crippen LogP contribution in [-0.2, 0) is 11.2 Å². The molecule has 0 saturated heterocycles. The van der Waals surface area contributed by atoms with E-state index in [1.165, 1.54) is 43.8 Å². The first-order chi connectivity index (χ1) is 11.0. The van der Waals surface area contributed by atoms with Crippen LogP contribution in [0.4, 0.5) is 0 Å². The summed E-state index contributed by atoms with van der Waals surface area (Å²) in [7, 11) is 2.74. The summed E-state index contributed by atoms with van der Waals surface area (Å²) >= 11 is 1.40. The zero-order valence-corrected chi connectivity index (χ0v) is 14.3. The summed E-state index contributed by atoms with van der Waals surface area (Å²) in [5.41, 5.74) is 1.46. The summed E-state index contributed by atoms with van der Waals surface area (Å²) in [5.74, 6) is -0.371. The molecule has 1 aromatic heterocycles. The molecule has 0 saturated carbocycles. The molecule has 0 aliphatic heterocycles. The summed E-state index contributed by atoms with van der Waals surface area (Å²) in [6.45, 7) is 4.02. The maximum Gasteiger partial charge on any atom is 0.353 e. The monoisotopic (exact) mass is 334 g/mol. The fourth-order valence-corrected chi connectivity index (χ4v) is 3.11. The molecule has 0 amide bonds. The molecule has 1 aromatic carbocycles. The van der Waals surface area contributed by atoms with E-state index in [2.05, 4.69) is 4.74 Å². The Kier molecular flexibility index (Phi) is 5.39. The smallest absolute Gasteiger partial charge is 0.353 e. The van der Waals surface area contributed by atoms with Crippen molar-refractivity contribution in [2.75, 3.05) is 14.2 Å². The van der Waals surface area contributed by atoms with Crippen molar-refractivity contribution in [1.82, 2.24) is 0 Å². The SMILES string of the molecule is CCc1cc(C(=O)Oc2ccc(C(=O)OC)cc2OC)sc1C. The number of hydrogen-bond donors (Lipinski definition) is 0. The fraction of sp³-hybridized carbons (Fsp3) is 0.294. The van der Waals surface area contributed by atoms with E-state index in [0.29, 0.717) is 16.2 Å². The number of thiophene rings is 1. The van der Waals surface area contributed by atoms with Crippen molar-refractivity contribution in [3.63, 3.8) is 0 Å². The molecule has 23 heavy (non-hydrogen) atoms. The van der Waals surface area contributed by atoms with Crippen molar-refractivity contribution in [2.24, 2.45) is 0 Å². The lowest BCUT2D eigenvalue weighted by Crippen LogP contribution is -2.08. The molecular weight excluding hydrogens is 316 g/mol. The lowest BCUT2D eigenvalue weighted by atomic mass is 10.2. The second kappa shape index (κ2) is 7.28. The van der Waals surface area contributed by atoms with E-state index >= 15 is 0 Å². The number of esters is 2. The highest BCUT2D eigenvalue weighted by Gasteiger charge is 2.17. The molecule has 0 fully saturated rings. The molecule has 6 heteroatoms. The van der Waals surface area contributed by atoms with Gasteiger partial charge in [0.15, 0.2) is 11.5 Å². The molecule has 0 radical (unpaired) electrons. The number of benzene rings is 1. The minimum absolute atomic E-state index is 0.259. The second-order valence-electron chi connectivity index (χ2n) is 4.79. The van der Waals surface area contributed by atoms with E-state index in [1.54, 1.807) is 0 Å². The molecule has 122 valence electrons. The van der Waals surface area contributed by atoms with Crippen LogP contribution in [0.2, 0.25) is 0 Å². The molecule has 0 N–H and O–H groups in total. The van der Waals surface area contributed by atoms with Crippen LogP contribution in [-0.4, -0.2) is 26.2 Å². The Hall–Kier alpha value is -2.34. The number of hydrogen-bond acceptors (Lipinski definition) is 6. The molecule has 0 atom stereocenters. The van der Waals surface area contributed by atoms with E-state index in [4.69, 9.17) is 9.47 Å². The first-order valence-electron chi connectivity index (χ1n) is 7.08. The van der Waals surface area contributed by atoms with Gasteiger partial charge in [0.2, 0.25) is 0 Å². The summed E-state index contributed by atoms with van der Waals surface area (Å²) in [5, 5.41) is 0. The van der Waals surface area contributed by atoms with Gasteiger partial charge in [0.1, 0.15) is 4.88 Å². The second-order valence-corrected chi connectivity index (χ2v) is 6.05. The van der Waals surface area contributed by atoms with Crippen molar-refractivity contribution >= 4 is 23.3 Å². The average Bonchev–Trinajstić information content (AvgIpc) is 2.95. The molecule has 1 heterocycles. The highest BCUT2D eigenvalue weighted by Crippen LogP contribution is 2.30. The lowest BCUT2D eigenvalue weighted by molar-refractivity contribution is 0.0600. The number of carbonyl (C=O) groups excluding carboxylic acids is 2. The molecule has 0 aliphatic carbocycles. The average molecular weight is 334 g/mol. The highest BCUT2D eigenvalue weighted by molar-refractivity contribution is 7.14. The number of ether oxygens (including phenoxy) is 3. The van der Waals surface area contributed by atoms with Crippen molar-refractivity contribution < 1.29 is 23.8 Å². The standard InChI is InChI=1S/C17H18O5S/c1-5-11-9-15(23-10(11)2)17(19)22-13-7-6-12(16(18)21-4)8-14(13)20-3/h6-9H,5H2,1-4H3. The Morgan fingerprint density at radius 3 is 2.39 bits per heavy atom. The maximum absolute atomic E-state index is 12.3. The van der Waals surface area contributed by atoms with Gasteiger partial charge in [-0.3, -0.25) is 0 Å². The summed E-state index contributed by atoms with van der Waals surface area (Å²) in [6, 6.07) is 6.36. The summed E-state index contributed by atoms with van der Waals surface area (Å²) < 4.78 is 15.2. The van der Waals surface area contributed by atoms with Gasteiger partial charge in [0, 0.05) is 4.88 Å². The van der Waals surface area contributed by atoms with Gasteiger partial charge in [-0.15, -0.1) is 11.3 Å². The quantitative estimate of drug-likeness (QED) is 0.617. The van der Waals surface area contributed by atoms with Gasteiger partial charge in [0.05, 0.1) is 19.8 Å². The van der Waals surface area contributed by atoms with E-state index in [9.17, 15) is 9.59 Å². The van der Waals surface area contributed by atoms with Gasteiger partial charge in [-0.1, -0.05) is 6.92 Å². The highest BCUT2D eigenvalue weighted by atomic mass is 32.1. The normalized spacial score (nSPS) is 10.3. The van der Waals surface area contributed by atoms with Crippen LogP contribution in [0, 0.1) is 6.92 Å². The Balaban J connectivity index is 2.24. The number of methoxy groups -OCH3 is 2. The molecule has 0 aliphatic rings. The van der Waals surface area contributed by atoms with E-state index in [0.717, 1.165) is 16.9 Å². The van der Waals surface area contributed by atoms with Crippen LogP contribution in [0.1, 0.15) is 37.4 Å². The van der Waals surface area contributed by atoms with Crippen molar-refractivity contribution in [2.45, 2.75) is 20.3 Å². The predicted molar refractivity (Wildman–Crippen MR) is 87.7 cm³/mol. The Morgan fingerprint density at radius 2 is 1.83 bits per heavy atom. The molecular formula is C17H18O5S. The summed E-state index contributed by atoms with van der Waals surface area (Å²) in [6.07, 6.45) is 0.868. The largest absolute Gasteiger partial charge is 0.493 e. The van der Waals surface area contributed by atoms with Crippen LogP contribution in [0.3, 0.4) is 0 Å². The van der Waals surface area contributed by atoms with Crippen LogP contribution in [0.25, 0.3) is 0 Å². The Morgan fingerprint density at radius 1 is 1.09 bits per heavy atom. The van der Waals surface area contributed by atoms with Crippen LogP contribution in [0.5, 0.6) is 11.5 Å². The summed E-state index contributed by atoms with van der Waals surface area (Å²) in [4.78, 5) is 25.5. The van der Waals surface area contributed by atoms with Gasteiger partial charge < -0.3 is 14.2 Å². The van der Waals surface area contributed by atoms with Gasteiger partial charge in [-0.2, -0.15) is 0 Å². The van der Waals surface area contributed by atoms with Crippen molar-refractivity contribution in [3.05, 3.63) is 45.1 Å². The third kappa shape index (κ3) is 3.71. The van der Waals surface area contributed by atoms with Gasteiger partial charge >= 0.3 is 11.9 Å². The molecule has 0 spiro atoms. The minimum atomic E-state index is -0.484. The van der Waals surface area contributed by atoms with E-state index in [-0.39, 0.29) is 5.75 Å². The van der Waals surface area contributed by atoms with E-state index in [1.807, 2.05) is 19.9 Å². The van der Waals surface area contributed by atoms with Crippen LogP contribution in [0.15, 0.2) is 24.3 Å². The van der Waals surface area contributed by atoms with Crippen molar-refractivity contribution in [1.29, 1.82) is 0 Å². The molecule has 0 bridgehead atoms. The first kappa shape index (κ1) is 17.0. The lowest BCUT2D eigenvalue weighted by Gasteiger charge is -2.09. The molecule has 2 aromatic rings. The van der Waals surface area contributed by atoms with Crippen LogP contribution >= 0.6 is 11.3 Å². The van der Waals surface area contributed by atoms with Crippen molar-refractivity contribution in [3.8, 4) is 11.5 Å². The maximum atomic E-state index is 12.3. The van der Waals surface area contributed by atoms with Crippen LogP contribution < -0.4 is 9.47 Å². The fourth-order valence-electron chi connectivity index (χ4n) is 2.12. The Labute approximate surface area is 138 Å². The topological polar surface area (TPSA) is 61.8 Å². The molecule has 5 nitrogen and oxygen atoms in total. The third-order valence-electron chi connectivity index (χ3n) is 3.39.